The molecule has 0 aromatic rings. The Hall–Kier alpha value is -1.52. The molecule has 0 aliphatic heterocycles. The molecule has 1 amide bonds. The fourth-order valence-electron chi connectivity index (χ4n) is 0.968. The van der Waals surface area contributed by atoms with Crippen LogP contribution in [0.3, 0.4) is 0 Å². The SMILES string of the molecule is C=C(C)NCCCC(NC=O)C(=O)O. The van der Waals surface area contributed by atoms with Crippen LogP contribution in [0, 0.1) is 0 Å². The van der Waals surface area contributed by atoms with Crippen molar-refractivity contribution < 1.29 is 14.7 Å². The van der Waals surface area contributed by atoms with Crippen molar-refractivity contribution in [1.29, 1.82) is 0 Å². The van der Waals surface area contributed by atoms with E-state index in [0.717, 1.165) is 5.70 Å². The third kappa shape index (κ3) is 6.05. The van der Waals surface area contributed by atoms with Gasteiger partial charge in [-0.25, -0.2) is 4.79 Å². The zero-order valence-corrected chi connectivity index (χ0v) is 8.25. The molecule has 80 valence electrons. The standard InChI is InChI=1S/C9H16N2O3/c1-7(2)10-5-3-4-8(9(13)14)11-6-12/h6,8,10H,1,3-5H2,2H3,(H,11,12)(H,13,14). The summed E-state index contributed by atoms with van der Waals surface area (Å²) >= 11 is 0. The highest BCUT2D eigenvalue weighted by molar-refractivity contribution is 5.76. The highest BCUT2D eigenvalue weighted by Gasteiger charge is 2.14. The van der Waals surface area contributed by atoms with Crippen LogP contribution in [-0.2, 0) is 9.59 Å². The Morgan fingerprint density at radius 2 is 2.29 bits per heavy atom. The minimum atomic E-state index is -1.01. The number of carbonyl (C=O) groups is 2. The lowest BCUT2D eigenvalue weighted by molar-refractivity contribution is -0.140. The van der Waals surface area contributed by atoms with Crippen molar-refractivity contribution in [1.82, 2.24) is 10.6 Å². The average molecular weight is 200 g/mol. The van der Waals surface area contributed by atoms with E-state index >= 15 is 0 Å². The number of carbonyl (C=O) groups excluding carboxylic acids is 1. The summed E-state index contributed by atoms with van der Waals surface area (Å²) in [5.41, 5.74) is 0.847. The Morgan fingerprint density at radius 3 is 2.71 bits per heavy atom. The summed E-state index contributed by atoms with van der Waals surface area (Å²) in [5.74, 6) is -1.01. The molecular formula is C9H16N2O3. The van der Waals surface area contributed by atoms with Crippen LogP contribution in [0.25, 0.3) is 0 Å². The molecule has 5 heteroatoms. The van der Waals surface area contributed by atoms with Crippen LogP contribution < -0.4 is 10.6 Å². The molecular weight excluding hydrogens is 184 g/mol. The average Bonchev–Trinajstić information content (AvgIpc) is 2.09. The van der Waals surface area contributed by atoms with E-state index in [4.69, 9.17) is 5.11 Å². The number of carboxylic acid groups (broad SMARTS) is 1. The van der Waals surface area contributed by atoms with Gasteiger partial charge < -0.3 is 15.7 Å². The maximum atomic E-state index is 10.6. The molecule has 0 rings (SSSR count). The van der Waals surface area contributed by atoms with Gasteiger partial charge in [-0.1, -0.05) is 6.58 Å². The van der Waals surface area contributed by atoms with E-state index < -0.39 is 12.0 Å². The van der Waals surface area contributed by atoms with E-state index in [1.54, 1.807) is 0 Å². The van der Waals surface area contributed by atoms with Crippen LogP contribution in [0.4, 0.5) is 0 Å². The molecule has 3 N–H and O–H groups in total. The second-order valence-electron chi connectivity index (χ2n) is 3.02. The van der Waals surface area contributed by atoms with Crippen LogP contribution >= 0.6 is 0 Å². The van der Waals surface area contributed by atoms with Crippen molar-refractivity contribution >= 4 is 12.4 Å². The first kappa shape index (κ1) is 12.5. The molecule has 0 saturated carbocycles. The van der Waals surface area contributed by atoms with Crippen molar-refractivity contribution in [2.24, 2.45) is 0 Å². The van der Waals surface area contributed by atoms with Crippen LogP contribution in [0.5, 0.6) is 0 Å². The van der Waals surface area contributed by atoms with Gasteiger partial charge in [0, 0.05) is 12.2 Å². The Labute approximate surface area is 83.2 Å². The lowest BCUT2D eigenvalue weighted by atomic mass is 10.1. The molecule has 0 aromatic heterocycles. The number of hydrogen-bond donors (Lipinski definition) is 3. The molecule has 14 heavy (non-hydrogen) atoms. The number of nitrogens with one attached hydrogen (secondary N) is 2. The molecule has 0 spiro atoms. The zero-order chi connectivity index (χ0) is 11.0. The Kier molecular flexibility index (Phi) is 6.19. The van der Waals surface area contributed by atoms with Crippen molar-refractivity contribution in [2.75, 3.05) is 6.54 Å². The molecule has 0 bridgehead atoms. The third-order valence-electron chi connectivity index (χ3n) is 1.66. The number of hydrogen-bond acceptors (Lipinski definition) is 3. The fraction of sp³-hybridized carbons (Fsp3) is 0.556. The van der Waals surface area contributed by atoms with Gasteiger partial charge >= 0.3 is 5.97 Å². The number of allylic oxidation sites excluding steroid dienone is 1. The van der Waals surface area contributed by atoms with Gasteiger partial charge in [-0.3, -0.25) is 4.79 Å². The van der Waals surface area contributed by atoms with Gasteiger partial charge in [0.2, 0.25) is 6.41 Å². The molecule has 0 heterocycles. The van der Waals surface area contributed by atoms with Crippen molar-refractivity contribution in [3.8, 4) is 0 Å². The van der Waals surface area contributed by atoms with Gasteiger partial charge in [-0.15, -0.1) is 0 Å². The van der Waals surface area contributed by atoms with Crippen LogP contribution in [0.2, 0.25) is 0 Å². The molecule has 1 unspecified atom stereocenters. The van der Waals surface area contributed by atoms with Crippen molar-refractivity contribution in [2.45, 2.75) is 25.8 Å². The summed E-state index contributed by atoms with van der Waals surface area (Å²) in [4.78, 5) is 20.6. The number of carboxylic acids is 1. The molecule has 0 aromatic carbocycles. The maximum absolute atomic E-state index is 10.6. The second-order valence-corrected chi connectivity index (χ2v) is 3.02. The lowest BCUT2D eigenvalue weighted by Gasteiger charge is -2.11. The highest BCUT2D eigenvalue weighted by Crippen LogP contribution is 1.96. The van der Waals surface area contributed by atoms with E-state index in [1.165, 1.54) is 0 Å². The molecule has 0 aliphatic rings. The summed E-state index contributed by atoms with van der Waals surface area (Å²) in [6.07, 6.45) is 1.49. The van der Waals surface area contributed by atoms with Gasteiger partial charge in [0.05, 0.1) is 0 Å². The number of aliphatic carboxylic acids is 1. The van der Waals surface area contributed by atoms with Gasteiger partial charge in [0.15, 0.2) is 0 Å². The van der Waals surface area contributed by atoms with Gasteiger partial charge in [-0.2, -0.15) is 0 Å². The molecule has 1 atom stereocenters. The quantitative estimate of drug-likeness (QED) is 0.383. The normalized spacial score (nSPS) is 11.5. The first-order valence-corrected chi connectivity index (χ1v) is 4.39. The summed E-state index contributed by atoms with van der Waals surface area (Å²) < 4.78 is 0. The van der Waals surface area contributed by atoms with Gasteiger partial charge in [0.1, 0.15) is 6.04 Å². The Morgan fingerprint density at radius 1 is 1.64 bits per heavy atom. The summed E-state index contributed by atoms with van der Waals surface area (Å²) in [7, 11) is 0. The van der Waals surface area contributed by atoms with Crippen molar-refractivity contribution in [3.63, 3.8) is 0 Å². The topological polar surface area (TPSA) is 78.4 Å². The Balaban J connectivity index is 3.66. The molecule has 0 fully saturated rings. The zero-order valence-electron chi connectivity index (χ0n) is 8.25. The fourth-order valence-corrected chi connectivity index (χ4v) is 0.968. The number of rotatable bonds is 8. The first-order valence-electron chi connectivity index (χ1n) is 4.39. The minimum absolute atomic E-state index is 0.408. The lowest BCUT2D eigenvalue weighted by Crippen LogP contribution is -2.36. The van der Waals surface area contributed by atoms with Crippen LogP contribution in [0.15, 0.2) is 12.3 Å². The highest BCUT2D eigenvalue weighted by atomic mass is 16.4. The summed E-state index contributed by atoms with van der Waals surface area (Å²) in [6, 6.07) is -0.792. The summed E-state index contributed by atoms with van der Waals surface area (Å²) in [5, 5.41) is 13.9. The molecule has 0 saturated heterocycles. The van der Waals surface area contributed by atoms with Crippen molar-refractivity contribution in [3.05, 3.63) is 12.3 Å². The van der Waals surface area contributed by atoms with E-state index in [1.807, 2.05) is 6.92 Å². The minimum Gasteiger partial charge on any atom is -0.480 e. The van der Waals surface area contributed by atoms with E-state index in [9.17, 15) is 9.59 Å². The molecule has 0 radical (unpaired) electrons. The first-order chi connectivity index (χ1) is 6.57. The Bertz CT molecular complexity index is 216. The van der Waals surface area contributed by atoms with E-state index in [2.05, 4.69) is 17.2 Å². The molecule has 0 aliphatic carbocycles. The largest absolute Gasteiger partial charge is 0.480 e. The number of amides is 1. The van der Waals surface area contributed by atoms with Gasteiger partial charge in [-0.05, 0) is 19.8 Å². The van der Waals surface area contributed by atoms with Crippen LogP contribution in [-0.4, -0.2) is 30.1 Å². The molecule has 5 nitrogen and oxygen atoms in total. The van der Waals surface area contributed by atoms with E-state index in [-0.39, 0.29) is 0 Å². The second kappa shape index (κ2) is 6.94. The predicted molar refractivity (Wildman–Crippen MR) is 52.7 cm³/mol. The monoisotopic (exact) mass is 200 g/mol. The third-order valence-corrected chi connectivity index (χ3v) is 1.66. The van der Waals surface area contributed by atoms with E-state index in [0.29, 0.717) is 25.8 Å². The predicted octanol–water partition coefficient (Wildman–Crippen LogP) is 0.0890. The smallest absolute Gasteiger partial charge is 0.326 e. The maximum Gasteiger partial charge on any atom is 0.326 e. The summed E-state index contributed by atoms with van der Waals surface area (Å²) in [6.45, 7) is 6.14. The van der Waals surface area contributed by atoms with Crippen LogP contribution in [0.1, 0.15) is 19.8 Å². The van der Waals surface area contributed by atoms with Gasteiger partial charge in [0.25, 0.3) is 0 Å².